The summed E-state index contributed by atoms with van der Waals surface area (Å²) in [7, 11) is 0. The molecular formula is C8H7BrN6O. The van der Waals surface area contributed by atoms with Gasteiger partial charge in [0.05, 0.1) is 0 Å². The Labute approximate surface area is 98.6 Å². The summed E-state index contributed by atoms with van der Waals surface area (Å²) in [6, 6.07) is 0. The van der Waals surface area contributed by atoms with Crippen LogP contribution in [0.1, 0.15) is 10.5 Å². The van der Waals surface area contributed by atoms with E-state index >= 15 is 0 Å². The van der Waals surface area contributed by atoms with E-state index in [-0.39, 0.29) is 21.9 Å². The zero-order chi connectivity index (χ0) is 11.7. The fourth-order valence-electron chi connectivity index (χ4n) is 1.10. The maximum Gasteiger partial charge on any atom is 0.285 e. The molecule has 0 fully saturated rings. The van der Waals surface area contributed by atoms with Crippen molar-refractivity contribution in [3.8, 4) is 0 Å². The number of hydrogen-bond donors (Lipinski definition) is 2. The van der Waals surface area contributed by atoms with Gasteiger partial charge in [-0.25, -0.2) is 15.0 Å². The van der Waals surface area contributed by atoms with Crippen molar-refractivity contribution in [3.05, 3.63) is 29.0 Å². The van der Waals surface area contributed by atoms with Crippen LogP contribution in [0.15, 0.2) is 23.3 Å². The average molecular weight is 283 g/mol. The largest absolute Gasteiger partial charge is 0.382 e. The van der Waals surface area contributed by atoms with Crippen LogP contribution in [0.4, 0.5) is 11.6 Å². The zero-order valence-electron chi connectivity index (χ0n) is 7.96. The van der Waals surface area contributed by atoms with E-state index in [1.807, 2.05) is 0 Å². The van der Waals surface area contributed by atoms with Gasteiger partial charge in [0.25, 0.3) is 5.91 Å². The molecule has 0 atom stereocenters. The molecule has 0 aromatic carbocycles. The summed E-state index contributed by atoms with van der Waals surface area (Å²) in [5, 5.41) is 0. The minimum atomic E-state index is -0.414. The van der Waals surface area contributed by atoms with Gasteiger partial charge in [0.1, 0.15) is 10.9 Å². The second-order valence-corrected chi connectivity index (χ2v) is 3.66. The molecular weight excluding hydrogens is 276 g/mol. The third-order valence-corrected chi connectivity index (χ3v) is 2.43. The maximum absolute atomic E-state index is 11.9. The van der Waals surface area contributed by atoms with Crippen molar-refractivity contribution in [1.82, 2.24) is 19.5 Å². The number of anilines is 2. The monoisotopic (exact) mass is 282 g/mol. The molecule has 0 aliphatic rings. The van der Waals surface area contributed by atoms with Gasteiger partial charge in [-0.15, -0.1) is 0 Å². The molecule has 0 bridgehead atoms. The first-order valence-corrected chi connectivity index (χ1v) is 5.00. The molecule has 0 amide bonds. The van der Waals surface area contributed by atoms with Crippen LogP contribution in [0.5, 0.6) is 0 Å². The van der Waals surface area contributed by atoms with E-state index in [1.165, 1.54) is 23.3 Å². The van der Waals surface area contributed by atoms with Crippen LogP contribution in [-0.2, 0) is 0 Å². The summed E-state index contributed by atoms with van der Waals surface area (Å²) in [4.78, 5) is 23.4. The van der Waals surface area contributed by atoms with Gasteiger partial charge in [-0.05, 0) is 15.9 Å². The van der Waals surface area contributed by atoms with Crippen molar-refractivity contribution in [1.29, 1.82) is 0 Å². The van der Waals surface area contributed by atoms with E-state index in [0.717, 1.165) is 0 Å². The van der Waals surface area contributed by atoms with Crippen molar-refractivity contribution in [2.75, 3.05) is 11.5 Å². The number of halogens is 1. The van der Waals surface area contributed by atoms with Gasteiger partial charge in [-0.2, -0.15) is 0 Å². The SMILES string of the molecule is Nc1nc(N)c(C(=O)n2ccnc2)nc1Br. The van der Waals surface area contributed by atoms with Gasteiger partial charge in [-0.3, -0.25) is 9.36 Å². The second kappa shape index (κ2) is 3.89. The van der Waals surface area contributed by atoms with Crippen LogP contribution in [0.25, 0.3) is 0 Å². The molecule has 0 radical (unpaired) electrons. The van der Waals surface area contributed by atoms with Crippen LogP contribution in [0, 0.1) is 0 Å². The standard InChI is InChI=1S/C8H7BrN6O/c9-5-7(11)14-6(10)4(13-5)8(16)15-2-1-12-3-15/h1-3H,(H4,10,11,14). The molecule has 8 heteroatoms. The molecule has 7 nitrogen and oxygen atoms in total. The highest BCUT2D eigenvalue weighted by atomic mass is 79.9. The highest BCUT2D eigenvalue weighted by Crippen LogP contribution is 2.18. The molecule has 16 heavy (non-hydrogen) atoms. The lowest BCUT2D eigenvalue weighted by molar-refractivity contribution is 0.0955. The smallest absolute Gasteiger partial charge is 0.285 e. The highest BCUT2D eigenvalue weighted by molar-refractivity contribution is 9.10. The van der Waals surface area contributed by atoms with Gasteiger partial charge in [0.2, 0.25) is 0 Å². The fraction of sp³-hybridized carbons (Fsp3) is 0. The first-order valence-electron chi connectivity index (χ1n) is 4.20. The molecule has 4 N–H and O–H groups in total. The molecule has 2 aromatic rings. The van der Waals surface area contributed by atoms with Crippen molar-refractivity contribution in [3.63, 3.8) is 0 Å². The first-order chi connectivity index (χ1) is 7.59. The molecule has 82 valence electrons. The number of rotatable bonds is 1. The number of hydrogen-bond acceptors (Lipinski definition) is 6. The Morgan fingerprint density at radius 2 is 2.06 bits per heavy atom. The minimum absolute atomic E-state index is 0.0144. The average Bonchev–Trinajstić information content (AvgIpc) is 2.75. The Kier molecular flexibility index (Phi) is 2.57. The van der Waals surface area contributed by atoms with Gasteiger partial charge >= 0.3 is 0 Å². The topological polar surface area (TPSA) is 113 Å². The Bertz CT molecular complexity index is 538. The fourth-order valence-corrected chi connectivity index (χ4v) is 1.37. The van der Waals surface area contributed by atoms with Crippen LogP contribution in [0.2, 0.25) is 0 Å². The predicted octanol–water partition coefficient (Wildman–Crippen LogP) is 0.288. The molecule has 2 aromatic heterocycles. The highest BCUT2D eigenvalue weighted by Gasteiger charge is 2.16. The van der Waals surface area contributed by atoms with Crippen molar-refractivity contribution >= 4 is 33.5 Å². The lowest BCUT2D eigenvalue weighted by Gasteiger charge is -2.05. The summed E-state index contributed by atoms with van der Waals surface area (Å²) in [5.41, 5.74) is 11.1. The van der Waals surface area contributed by atoms with Gasteiger partial charge in [0.15, 0.2) is 17.3 Å². The van der Waals surface area contributed by atoms with E-state index in [0.29, 0.717) is 0 Å². The van der Waals surface area contributed by atoms with Crippen molar-refractivity contribution in [2.45, 2.75) is 0 Å². The van der Waals surface area contributed by atoms with E-state index in [4.69, 9.17) is 11.5 Å². The quantitative estimate of drug-likeness (QED) is 0.777. The van der Waals surface area contributed by atoms with Crippen molar-refractivity contribution < 1.29 is 4.79 Å². The third-order valence-electron chi connectivity index (χ3n) is 1.85. The summed E-state index contributed by atoms with van der Waals surface area (Å²) in [5.74, 6) is -0.290. The molecule has 0 saturated heterocycles. The summed E-state index contributed by atoms with van der Waals surface area (Å²) in [6.45, 7) is 0. The third kappa shape index (κ3) is 1.74. The van der Waals surface area contributed by atoms with Crippen LogP contribution < -0.4 is 11.5 Å². The Balaban J connectivity index is 2.49. The molecule has 0 saturated carbocycles. The van der Waals surface area contributed by atoms with Crippen LogP contribution in [-0.4, -0.2) is 25.4 Å². The van der Waals surface area contributed by atoms with Gasteiger partial charge < -0.3 is 11.5 Å². The summed E-state index contributed by atoms with van der Waals surface area (Å²) in [6.07, 6.45) is 4.33. The lowest BCUT2D eigenvalue weighted by Crippen LogP contribution is -2.16. The number of nitrogen functional groups attached to an aromatic ring is 2. The molecule has 0 aliphatic heterocycles. The van der Waals surface area contributed by atoms with E-state index in [1.54, 1.807) is 0 Å². The lowest BCUT2D eigenvalue weighted by atomic mass is 10.4. The van der Waals surface area contributed by atoms with Crippen LogP contribution in [0.3, 0.4) is 0 Å². The van der Waals surface area contributed by atoms with Gasteiger partial charge in [-0.1, -0.05) is 0 Å². The Morgan fingerprint density at radius 1 is 1.31 bits per heavy atom. The number of imidazole rings is 1. The van der Waals surface area contributed by atoms with E-state index < -0.39 is 5.91 Å². The normalized spacial score (nSPS) is 10.3. The zero-order valence-corrected chi connectivity index (χ0v) is 9.55. The van der Waals surface area contributed by atoms with E-state index in [2.05, 4.69) is 30.9 Å². The van der Waals surface area contributed by atoms with Crippen molar-refractivity contribution in [2.24, 2.45) is 0 Å². The molecule has 0 spiro atoms. The second-order valence-electron chi connectivity index (χ2n) is 2.91. The number of carbonyl (C=O) groups excluding carboxylic acids is 1. The summed E-state index contributed by atoms with van der Waals surface area (Å²) >= 11 is 3.08. The Hall–Kier alpha value is -1.96. The van der Waals surface area contributed by atoms with E-state index in [9.17, 15) is 4.79 Å². The number of nitrogens with zero attached hydrogens (tertiary/aromatic N) is 4. The maximum atomic E-state index is 11.9. The molecule has 2 rings (SSSR count). The molecule has 0 aliphatic carbocycles. The number of aromatic nitrogens is 4. The Morgan fingerprint density at radius 3 is 2.69 bits per heavy atom. The number of carbonyl (C=O) groups is 1. The molecule has 2 heterocycles. The minimum Gasteiger partial charge on any atom is -0.382 e. The predicted molar refractivity (Wildman–Crippen MR) is 60.5 cm³/mol. The van der Waals surface area contributed by atoms with Gasteiger partial charge in [0, 0.05) is 12.4 Å². The molecule has 0 unspecified atom stereocenters. The van der Waals surface area contributed by atoms with Crippen LogP contribution >= 0.6 is 15.9 Å². The summed E-state index contributed by atoms with van der Waals surface area (Å²) < 4.78 is 1.54. The first kappa shape index (κ1) is 10.6. The number of nitrogens with two attached hydrogens (primary N) is 2.